The molecule has 5 heteroatoms. The first-order valence-corrected chi connectivity index (χ1v) is 14.2. The van der Waals surface area contributed by atoms with Crippen molar-refractivity contribution < 1.29 is 13.7 Å². The van der Waals surface area contributed by atoms with E-state index >= 15 is 0 Å². The number of hydrogen-bond acceptors (Lipinski definition) is 3. The Hall–Kier alpha value is -1.27. The molecule has 2 atom stereocenters. The maximum absolute atomic E-state index is 12.6. The third-order valence-corrected chi connectivity index (χ3v) is 13.0. The molecule has 0 aromatic heterocycles. The lowest BCUT2D eigenvalue weighted by Gasteiger charge is -2.42. The maximum Gasteiger partial charge on any atom is 0.200 e. The molecule has 0 unspecified atom stereocenters. The average molecular weight is 449 g/mol. The van der Waals surface area contributed by atoms with Crippen LogP contribution in [0.2, 0.25) is 16.6 Å². The van der Waals surface area contributed by atoms with Crippen molar-refractivity contribution in [2.24, 2.45) is 0 Å². The van der Waals surface area contributed by atoms with E-state index in [9.17, 15) is 9.32 Å². The molecule has 0 aliphatic carbocycles. The van der Waals surface area contributed by atoms with Gasteiger partial charge in [-0.3, -0.25) is 0 Å². The van der Waals surface area contributed by atoms with Gasteiger partial charge in [-0.2, -0.15) is 0 Å². The molecule has 3 nitrogen and oxygen atoms in total. The Labute approximate surface area is 187 Å². The van der Waals surface area contributed by atoms with Gasteiger partial charge in [0.1, 0.15) is 0 Å². The third-order valence-electron chi connectivity index (χ3n) is 5.77. The monoisotopic (exact) mass is 448 g/mol. The van der Waals surface area contributed by atoms with E-state index in [0.717, 1.165) is 16.0 Å². The van der Waals surface area contributed by atoms with Crippen molar-refractivity contribution in [3.05, 3.63) is 65.6 Å². The van der Waals surface area contributed by atoms with Crippen molar-refractivity contribution in [2.75, 3.05) is 6.61 Å². The van der Waals surface area contributed by atoms with Gasteiger partial charge in [0.25, 0.3) is 0 Å². The van der Waals surface area contributed by atoms with Crippen LogP contribution in [0.5, 0.6) is 0 Å². The minimum atomic E-state index is -1.98. The highest BCUT2D eigenvalue weighted by atomic mass is 32.2. The molecule has 0 fully saturated rings. The van der Waals surface area contributed by atoms with Crippen molar-refractivity contribution in [1.82, 2.24) is 0 Å². The van der Waals surface area contributed by atoms with E-state index in [-0.39, 0.29) is 0 Å². The summed E-state index contributed by atoms with van der Waals surface area (Å²) in [5.41, 5.74) is 3.34. The standard InChI is InChI=1S/C25H40O3SSi/c1-9-10-25(26)23(16-18-29(27)24-13-11-22(8)12-14-24)15-17-28-30(19(2)3,20(4)5)21(6)7/h9,11-16,18-21,25-26H,1,10,17H2,2-8H3/b18-16-,23-15-/t25-,29-/m1/s1. The predicted octanol–water partition coefficient (Wildman–Crippen LogP) is 6.67. The molecule has 0 saturated heterocycles. The lowest BCUT2D eigenvalue weighted by atomic mass is 10.1. The van der Waals surface area contributed by atoms with E-state index in [1.807, 2.05) is 37.3 Å². The van der Waals surface area contributed by atoms with Gasteiger partial charge in [-0.25, -0.2) is 4.21 Å². The molecule has 0 spiro atoms. The number of aliphatic hydroxyl groups excluding tert-OH is 1. The van der Waals surface area contributed by atoms with E-state index in [4.69, 9.17) is 4.43 Å². The molecule has 0 saturated carbocycles. The fourth-order valence-electron chi connectivity index (χ4n) is 4.28. The van der Waals surface area contributed by atoms with E-state index in [2.05, 4.69) is 48.1 Å². The molecule has 0 amide bonds. The van der Waals surface area contributed by atoms with Gasteiger partial charge in [0.05, 0.1) is 23.5 Å². The van der Waals surface area contributed by atoms with Crippen LogP contribution in [0.25, 0.3) is 0 Å². The Kier molecular flexibility index (Phi) is 11.2. The average Bonchev–Trinajstić information content (AvgIpc) is 2.67. The van der Waals surface area contributed by atoms with Gasteiger partial charge < -0.3 is 9.53 Å². The van der Waals surface area contributed by atoms with Gasteiger partial charge in [0.2, 0.25) is 8.32 Å². The Morgan fingerprint density at radius 3 is 2.10 bits per heavy atom. The Balaban J connectivity index is 3.07. The first-order chi connectivity index (χ1) is 14.1. The molecule has 0 aliphatic rings. The summed E-state index contributed by atoms with van der Waals surface area (Å²) in [6.45, 7) is 19.7. The summed E-state index contributed by atoms with van der Waals surface area (Å²) >= 11 is 0. The summed E-state index contributed by atoms with van der Waals surface area (Å²) in [4.78, 5) is 0.747. The second-order valence-corrected chi connectivity index (χ2v) is 15.6. The molecule has 30 heavy (non-hydrogen) atoms. The van der Waals surface area contributed by atoms with E-state index in [0.29, 0.717) is 29.7 Å². The largest absolute Gasteiger partial charge is 0.412 e. The minimum absolute atomic E-state index is 0.439. The van der Waals surface area contributed by atoms with Crippen LogP contribution < -0.4 is 0 Å². The normalized spacial score (nSPS) is 15.4. The Morgan fingerprint density at radius 2 is 1.63 bits per heavy atom. The fourth-order valence-corrected chi connectivity index (χ4v) is 10.5. The molecule has 0 bridgehead atoms. The highest BCUT2D eigenvalue weighted by Gasteiger charge is 2.44. The first kappa shape index (κ1) is 26.8. The van der Waals surface area contributed by atoms with Crippen LogP contribution in [0.1, 0.15) is 53.5 Å². The molecule has 0 heterocycles. The highest BCUT2D eigenvalue weighted by Crippen LogP contribution is 2.42. The van der Waals surface area contributed by atoms with Crippen LogP contribution in [0.3, 0.4) is 0 Å². The van der Waals surface area contributed by atoms with Crippen LogP contribution in [0.4, 0.5) is 0 Å². The Morgan fingerprint density at radius 1 is 1.10 bits per heavy atom. The molecule has 1 aromatic rings. The van der Waals surface area contributed by atoms with E-state index in [1.165, 1.54) is 0 Å². The predicted molar refractivity (Wildman–Crippen MR) is 133 cm³/mol. The molecule has 1 aromatic carbocycles. The molecular formula is C25H40O3SSi. The van der Waals surface area contributed by atoms with Crippen LogP contribution in [-0.4, -0.2) is 30.3 Å². The number of rotatable bonds is 12. The van der Waals surface area contributed by atoms with Gasteiger partial charge in [-0.05, 0) is 53.7 Å². The summed E-state index contributed by atoms with van der Waals surface area (Å²) < 4.78 is 19.2. The summed E-state index contributed by atoms with van der Waals surface area (Å²) in [6, 6.07) is 7.64. The van der Waals surface area contributed by atoms with E-state index < -0.39 is 25.2 Å². The smallest absolute Gasteiger partial charge is 0.200 e. The first-order valence-electron chi connectivity index (χ1n) is 10.8. The van der Waals surface area contributed by atoms with Crippen molar-refractivity contribution in [3.63, 3.8) is 0 Å². The van der Waals surface area contributed by atoms with Crippen LogP contribution in [-0.2, 0) is 15.2 Å². The molecular weight excluding hydrogens is 408 g/mol. The molecule has 0 aliphatic heterocycles. The van der Waals surface area contributed by atoms with Gasteiger partial charge >= 0.3 is 0 Å². The zero-order chi connectivity index (χ0) is 22.9. The zero-order valence-corrected chi connectivity index (χ0v) is 21.5. The SMILES string of the molecule is C=CC[C@@H](O)C(/C=C\[S@@](=O)c1ccc(C)cc1)=C\CO[Si](C(C)C)(C(C)C)C(C)C. The number of aliphatic hydroxyl groups is 1. The summed E-state index contributed by atoms with van der Waals surface area (Å²) in [6.07, 6.45) is 5.14. The van der Waals surface area contributed by atoms with Gasteiger partial charge in [0, 0.05) is 10.3 Å². The zero-order valence-electron chi connectivity index (χ0n) is 19.7. The lowest BCUT2D eigenvalue weighted by Crippen LogP contribution is -2.47. The molecule has 168 valence electrons. The van der Waals surface area contributed by atoms with Crippen molar-refractivity contribution in [3.8, 4) is 0 Å². The second kappa shape index (κ2) is 12.5. The van der Waals surface area contributed by atoms with Crippen LogP contribution >= 0.6 is 0 Å². The maximum atomic E-state index is 12.6. The van der Waals surface area contributed by atoms with Gasteiger partial charge in [-0.15, -0.1) is 6.58 Å². The Bertz CT molecular complexity index is 726. The van der Waals surface area contributed by atoms with Crippen LogP contribution in [0.15, 0.2) is 64.9 Å². The molecule has 0 radical (unpaired) electrons. The summed E-state index contributed by atoms with van der Waals surface area (Å²) in [5, 5.41) is 12.2. The summed E-state index contributed by atoms with van der Waals surface area (Å²) in [7, 11) is -3.25. The molecule has 1 N–H and O–H groups in total. The minimum Gasteiger partial charge on any atom is -0.412 e. The molecule has 1 rings (SSSR count). The number of benzene rings is 1. The third kappa shape index (κ3) is 7.15. The van der Waals surface area contributed by atoms with Gasteiger partial charge in [0.15, 0.2) is 0 Å². The highest BCUT2D eigenvalue weighted by molar-refractivity contribution is 7.88. The van der Waals surface area contributed by atoms with Crippen molar-refractivity contribution in [1.29, 1.82) is 0 Å². The van der Waals surface area contributed by atoms with Crippen molar-refractivity contribution >= 4 is 19.1 Å². The quantitative estimate of drug-likeness (QED) is 0.221. The van der Waals surface area contributed by atoms with Crippen LogP contribution in [0, 0.1) is 6.92 Å². The van der Waals surface area contributed by atoms with Gasteiger partial charge in [-0.1, -0.05) is 71.4 Å². The topological polar surface area (TPSA) is 46.5 Å². The lowest BCUT2D eigenvalue weighted by molar-refractivity contribution is 0.216. The number of aryl methyl sites for hydroxylation is 1. The van der Waals surface area contributed by atoms with E-state index in [1.54, 1.807) is 17.6 Å². The number of hydrogen-bond donors (Lipinski definition) is 1. The second-order valence-electron chi connectivity index (χ2n) is 8.79. The van der Waals surface area contributed by atoms with Crippen molar-refractivity contribution in [2.45, 2.75) is 82.5 Å². The summed E-state index contributed by atoms with van der Waals surface area (Å²) in [5.74, 6) is 0. The fraction of sp³-hybridized carbons (Fsp3) is 0.520.